The molecule has 0 saturated carbocycles. The highest BCUT2D eigenvalue weighted by Gasteiger charge is 2.17. The van der Waals surface area contributed by atoms with Gasteiger partial charge in [-0.2, -0.15) is 0 Å². The fraction of sp³-hybridized carbons (Fsp3) is 0.333. The molecule has 0 spiro atoms. The van der Waals surface area contributed by atoms with Gasteiger partial charge < -0.3 is 24.4 Å². The summed E-state index contributed by atoms with van der Waals surface area (Å²) in [5.74, 6) is 0.796. The third-order valence-corrected chi connectivity index (χ3v) is 4.90. The topological polar surface area (TPSA) is 60.0 Å². The number of hydrogen-bond donors (Lipinski definition) is 1. The molecule has 3 rings (SSSR count). The molecular weight excluding hydrogens is 376 g/mol. The molecular formula is C21H24N2O4S. The second-order valence-electron chi connectivity index (χ2n) is 6.47. The smallest absolute Gasteiger partial charge is 0.262 e. The number of carbonyl (C=O) groups excluding carboxylic acids is 1. The monoisotopic (exact) mass is 400 g/mol. The highest BCUT2D eigenvalue weighted by atomic mass is 32.1. The minimum Gasteiger partial charge on any atom is -0.493 e. The van der Waals surface area contributed by atoms with Gasteiger partial charge in [0.25, 0.3) is 5.91 Å². The average Bonchev–Trinajstić information content (AvgIpc) is 2.74. The lowest BCUT2D eigenvalue weighted by atomic mass is 10.1. The summed E-state index contributed by atoms with van der Waals surface area (Å²) in [6, 6.07) is 13.1. The molecule has 28 heavy (non-hydrogen) atoms. The molecule has 1 aliphatic rings. The molecule has 1 amide bonds. The molecule has 1 saturated heterocycles. The van der Waals surface area contributed by atoms with E-state index in [-0.39, 0.29) is 12.5 Å². The summed E-state index contributed by atoms with van der Waals surface area (Å²) in [5.41, 5.74) is 2.75. The van der Waals surface area contributed by atoms with Crippen molar-refractivity contribution in [2.75, 3.05) is 45.3 Å². The van der Waals surface area contributed by atoms with Crippen LogP contribution in [0.4, 0.5) is 5.69 Å². The molecule has 7 heteroatoms. The molecule has 1 heterocycles. The number of rotatable bonds is 6. The number of carbonyl (C=O) groups is 1. The van der Waals surface area contributed by atoms with Gasteiger partial charge in [0.15, 0.2) is 18.1 Å². The minimum atomic E-state index is -0.237. The lowest BCUT2D eigenvalue weighted by Gasteiger charge is -2.29. The Morgan fingerprint density at radius 1 is 1.14 bits per heavy atom. The molecule has 0 radical (unpaired) electrons. The number of nitrogens with one attached hydrogen (secondary N) is 1. The summed E-state index contributed by atoms with van der Waals surface area (Å²) in [4.78, 5) is 15.0. The number of amides is 1. The van der Waals surface area contributed by atoms with E-state index in [1.54, 1.807) is 13.2 Å². The van der Waals surface area contributed by atoms with Crippen molar-refractivity contribution in [3.63, 3.8) is 0 Å². The van der Waals surface area contributed by atoms with Crippen molar-refractivity contribution in [3.8, 4) is 11.5 Å². The summed E-state index contributed by atoms with van der Waals surface area (Å²) in [6.45, 7) is 4.78. The third-order valence-electron chi connectivity index (χ3n) is 4.40. The van der Waals surface area contributed by atoms with Crippen molar-refractivity contribution in [2.45, 2.75) is 6.92 Å². The van der Waals surface area contributed by atoms with Gasteiger partial charge in [-0.25, -0.2) is 0 Å². The van der Waals surface area contributed by atoms with Gasteiger partial charge in [0, 0.05) is 24.3 Å². The first kappa shape index (κ1) is 20.1. The predicted octanol–water partition coefficient (Wildman–Crippen LogP) is 3.03. The number of methoxy groups -OCH3 is 1. The van der Waals surface area contributed by atoms with Gasteiger partial charge in [-0.15, -0.1) is 0 Å². The number of aryl methyl sites for hydroxylation is 1. The Kier molecular flexibility index (Phi) is 6.84. The second kappa shape index (κ2) is 9.52. The van der Waals surface area contributed by atoms with Crippen LogP contribution in [0.15, 0.2) is 42.5 Å². The van der Waals surface area contributed by atoms with E-state index in [1.165, 1.54) is 0 Å². The maximum Gasteiger partial charge on any atom is 0.262 e. The Morgan fingerprint density at radius 2 is 1.86 bits per heavy atom. The molecule has 0 aliphatic carbocycles. The van der Waals surface area contributed by atoms with Gasteiger partial charge in [0.05, 0.1) is 20.3 Å². The van der Waals surface area contributed by atoms with Crippen molar-refractivity contribution in [2.24, 2.45) is 0 Å². The van der Waals surface area contributed by atoms with Crippen LogP contribution in [-0.4, -0.2) is 55.8 Å². The van der Waals surface area contributed by atoms with E-state index in [1.807, 2.05) is 43.3 Å². The van der Waals surface area contributed by atoms with E-state index in [0.717, 1.165) is 34.9 Å². The van der Waals surface area contributed by atoms with Gasteiger partial charge in [-0.3, -0.25) is 4.79 Å². The van der Waals surface area contributed by atoms with Crippen LogP contribution in [0.5, 0.6) is 11.5 Å². The average molecular weight is 401 g/mol. The Bertz CT molecular complexity index is 833. The third kappa shape index (κ3) is 5.21. The highest BCUT2D eigenvalue weighted by molar-refractivity contribution is 7.80. The van der Waals surface area contributed by atoms with Crippen LogP contribution in [0.2, 0.25) is 0 Å². The SMILES string of the molecule is COc1cc(C(=S)N2CCOCC2)ccc1OCC(=O)Nc1ccc(C)cc1. The first-order valence-corrected chi connectivity index (χ1v) is 9.52. The van der Waals surface area contributed by atoms with Gasteiger partial charge in [0.2, 0.25) is 0 Å². The summed E-state index contributed by atoms with van der Waals surface area (Å²) in [6.07, 6.45) is 0. The molecule has 2 aromatic rings. The Balaban J connectivity index is 1.61. The molecule has 2 aromatic carbocycles. The van der Waals surface area contributed by atoms with Crippen LogP contribution < -0.4 is 14.8 Å². The quantitative estimate of drug-likeness (QED) is 0.753. The van der Waals surface area contributed by atoms with Crippen LogP contribution in [0, 0.1) is 6.92 Å². The predicted molar refractivity (Wildman–Crippen MR) is 112 cm³/mol. The van der Waals surface area contributed by atoms with E-state index < -0.39 is 0 Å². The molecule has 6 nitrogen and oxygen atoms in total. The zero-order valence-electron chi connectivity index (χ0n) is 16.1. The van der Waals surface area contributed by atoms with E-state index in [2.05, 4.69) is 10.2 Å². The zero-order valence-corrected chi connectivity index (χ0v) is 16.9. The summed E-state index contributed by atoms with van der Waals surface area (Å²) >= 11 is 5.59. The van der Waals surface area contributed by atoms with Gasteiger partial charge in [-0.05, 0) is 37.3 Å². The molecule has 0 aromatic heterocycles. The maximum atomic E-state index is 12.1. The van der Waals surface area contributed by atoms with Crippen LogP contribution in [0.1, 0.15) is 11.1 Å². The van der Waals surface area contributed by atoms with E-state index >= 15 is 0 Å². The minimum absolute atomic E-state index is 0.114. The lowest BCUT2D eigenvalue weighted by molar-refractivity contribution is -0.118. The van der Waals surface area contributed by atoms with Crippen molar-refractivity contribution >= 4 is 28.8 Å². The van der Waals surface area contributed by atoms with Crippen LogP contribution in [0.3, 0.4) is 0 Å². The maximum absolute atomic E-state index is 12.1. The summed E-state index contributed by atoms with van der Waals surface area (Å²) in [7, 11) is 1.57. The first-order chi connectivity index (χ1) is 13.6. The van der Waals surface area contributed by atoms with E-state index in [4.69, 9.17) is 26.4 Å². The zero-order chi connectivity index (χ0) is 19.9. The molecule has 1 fully saturated rings. The largest absolute Gasteiger partial charge is 0.493 e. The summed E-state index contributed by atoms with van der Waals surface area (Å²) in [5, 5.41) is 2.81. The molecule has 148 valence electrons. The summed E-state index contributed by atoms with van der Waals surface area (Å²) < 4.78 is 16.4. The lowest BCUT2D eigenvalue weighted by Crippen LogP contribution is -2.40. The molecule has 0 bridgehead atoms. The molecule has 0 unspecified atom stereocenters. The molecule has 1 aliphatic heterocycles. The van der Waals surface area contributed by atoms with E-state index in [9.17, 15) is 4.79 Å². The number of ether oxygens (including phenoxy) is 3. The van der Waals surface area contributed by atoms with Crippen LogP contribution in [0.25, 0.3) is 0 Å². The second-order valence-corrected chi connectivity index (χ2v) is 6.86. The standard InChI is InChI=1S/C21H24N2O4S/c1-15-3-6-17(7-4-15)22-20(24)14-27-18-8-5-16(13-19(18)25-2)21(28)23-9-11-26-12-10-23/h3-8,13H,9-12,14H2,1-2H3,(H,22,24). The van der Waals surface area contributed by atoms with Crippen molar-refractivity contribution in [1.29, 1.82) is 0 Å². The van der Waals surface area contributed by atoms with E-state index in [0.29, 0.717) is 24.7 Å². The number of anilines is 1. The fourth-order valence-electron chi connectivity index (χ4n) is 2.85. The Morgan fingerprint density at radius 3 is 2.54 bits per heavy atom. The molecule has 1 N–H and O–H groups in total. The number of hydrogen-bond acceptors (Lipinski definition) is 5. The van der Waals surface area contributed by atoms with Crippen molar-refractivity contribution in [1.82, 2.24) is 4.90 Å². The van der Waals surface area contributed by atoms with Crippen LogP contribution >= 0.6 is 12.2 Å². The van der Waals surface area contributed by atoms with Gasteiger partial charge >= 0.3 is 0 Å². The number of thiocarbonyl (C=S) groups is 1. The van der Waals surface area contributed by atoms with Crippen molar-refractivity contribution in [3.05, 3.63) is 53.6 Å². The number of morpholine rings is 1. The van der Waals surface area contributed by atoms with Crippen LogP contribution in [-0.2, 0) is 9.53 Å². The Hall–Kier alpha value is -2.64. The number of nitrogens with zero attached hydrogens (tertiary/aromatic N) is 1. The molecule has 0 atom stereocenters. The van der Waals surface area contributed by atoms with Gasteiger partial charge in [-0.1, -0.05) is 29.9 Å². The first-order valence-electron chi connectivity index (χ1n) is 9.11. The normalized spacial score (nSPS) is 13.7. The highest BCUT2D eigenvalue weighted by Crippen LogP contribution is 2.29. The number of benzene rings is 2. The van der Waals surface area contributed by atoms with Crippen molar-refractivity contribution < 1.29 is 19.0 Å². The fourth-order valence-corrected chi connectivity index (χ4v) is 3.16. The Labute approximate surface area is 170 Å². The van der Waals surface area contributed by atoms with Gasteiger partial charge in [0.1, 0.15) is 4.99 Å².